The number of hydrazine groups is 1. The number of hydrogen-bond acceptors (Lipinski definition) is 6. The molecule has 3 aromatic rings. The zero-order valence-corrected chi connectivity index (χ0v) is 17.8. The van der Waals surface area contributed by atoms with E-state index in [1.165, 1.54) is 18.4 Å². The molecule has 2 aromatic heterocycles. The molecule has 0 radical (unpaired) electrons. The average molecular weight is 455 g/mol. The Hall–Kier alpha value is -3.85. The summed E-state index contributed by atoms with van der Waals surface area (Å²) in [7, 11) is 0. The third-order valence-corrected chi connectivity index (χ3v) is 5.18. The van der Waals surface area contributed by atoms with E-state index in [0.29, 0.717) is 46.0 Å². The maximum absolute atomic E-state index is 12.6. The Morgan fingerprint density at radius 2 is 1.84 bits per heavy atom. The molecule has 1 aromatic carbocycles. The molecular weight excluding hydrogens is 436 g/mol. The second kappa shape index (κ2) is 9.11. The number of rotatable bonds is 4. The Morgan fingerprint density at radius 3 is 2.59 bits per heavy atom. The smallest absolute Gasteiger partial charge is 0.307 e. The third kappa shape index (κ3) is 4.42. The number of aryl methyl sites for hydroxylation is 1. The number of hydrogen-bond donors (Lipinski definition) is 3. The van der Waals surface area contributed by atoms with Gasteiger partial charge in [-0.15, -0.1) is 0 Å². The zero-order valence-electron chi connectivity index (χ0n) is 17.0. The van der Waals surface area contributed by atoms with E-state index < -0.39 is 17.7 Å². The number of carbonyl (C=O) groups excluding carboxylic acids is 3. The highest BCUT2D eigenvalue weighted by molar-refractivity contribution is 6.31. The molecule has 0 atom stereocenters. The number of carbonyl (C=O) groups is 3. The highest BCUT2D eigenvalue weighted by Gasteiger charge is 2.28. The molecule has 1 aliphatic carbocycles. The summed E-state index contributed by atoms with van der Waals surface area (Å²) in [4.78, 5) is 37.0. The summed E-state index contributed by atoms with van der Waals surface area (Å²) >= 11 is 5.89. The van der Waals surface area contributed by atoms with Crippen molar-refractivity contribution in [3.8, 4) is 0 Å². The molecule has 0 spiro atoms. The van der Waals surface area contributed by atoms with Gasteiger partial charge in [0.1, 0.15) is 5.76 Å². The predicted octanol–water partition coefficient (Wildman–Crippen LogP) is 3.38. The van der Waals surface area contributed by atoms with Gasteiger partial charge in [0.25, 0.3) is 5.91 Å². The zero-order chi connectivity index (χ0) is 22.7. The molecule has 2 heterocycles. The lowest BCUT2D eigenvalue weighted by Gasteiger charge is -2.13. The first-order chi connectivity index (χ1) is 15.4. The summed E-state index contributed by atoms with van der Waals surface area (Å²) < 4.78 is 10.8. The van der Waals surface area contributed by atoms with Gasteiger partial charge in [-0.2, -0.15) is 5.10 Å². The highest BCUT2D eigenvalue weighted by Crippen LogP contribution is 2.29. The fraction of sp³-hybridized carbons (Fsp3) is 0.182. The summed E-state index contributed by atoms with van der Waals surface area (Å²) in [5.74, 6) is -0.786. The normalized spacial score (nSPS) is 14.0. The Bertz CT molecular complexity index is 1210. The van der Waals surface area contributed by atoms with Gasteiger partial charge < -0.3 is 8.83 Å². The topological polar surface area (TPSA) is 126 Å². The van der Waals surface area contributed by atoms with Gasteiger partial charge in [-0.05, 0) is 50.1 Å². The van der Waals surface area contributed by atoms with Crippen LogP contribution in [0.3, 0.4) is 0 Å². The van der Waals surface area contributed by atoms with Gasteiger partial charge in [0.2, 0.25) is 0 Å². The first kappa shape index (κ1) is 21.4. The highest BCUT2D eigenvalue weighted by atomic mass is 35.5. The van der Waals surface area contributed by atoms with Crippen LogP contribution in [0.2, 0.25) is 5.02 Å². The molecule has 10 heteroatoms. The van der Waals surface area contributed by atoms with Crippen molar-refractivity contribution in [2.45, 2.75) is 26.2 Å². The van der Waals surface area contributed by atoms with Crippen molar-refractivity contribution in [3.63, 3.8) is 0 Å². The van der Waals surface area contributed by atoms with Crippen molar-refractivity contribution >= 4 is 35.0 Å². The maximum atomic E-state index is 12.6. The van der Waals surface area contributed by atoms with E-state index in [1.807, 2.05) is 0 Å². The van der Waals surface area contributed by atoms with E-state index >= 15 is 0 Å². The molecule has 4 rings (SSSR count). The van der Waals surface area contributed by atoms with Crippen LogP contribution in [0.5, 0.6) is 0 Å². The van der Waals surface area contributed by atoms with E-state index in [1.54, 1.807) is 31.2 Å². The Morgan fingerprint density at radius 1 is 1.03 bits per heavy atom. The summed E-state index contributed by atoms with van der Waals surface area (Å²) in [6.07, 6.45) is 3.39. The van der Waals surface area contributed by atoms with Crippen molar-refractivity contribution in [1.29, 1.82) is 0 Å². The van der Waals surface area contributed by atoms with Crippen LogP contribution < -0.4 is 16.3 Å². The molecule has 0 fully saturated rings. The van der Waals surface area contributed by atoms with Gasteiger partial charge in [0.05, 0.1) is 12.0 Å². The first-order valence-electron chi connectivity index (χ1n) is 9.83. The Labute approximate surface area is 187 Å². The van der Waals surface area contributed by atoms with Crippen LogP contribution >= 0.6 is 11.6 Å². The largest absolute Gasteiger partial charge is 0.459 e. The van der Waals surface area contributed by atoms with Crippen molar-refractivity contribution in [2.75, 3.05) is 0 Å². The second-order valence-electron chi connectivity index (χ2n) is 7.10. The lowest BCUT2D eigenvalue weighted by molar-refractivity contribution is 0.0829. The van der Waals surface area contributed by atoms with Crippen molar-refractivity contribution in [1.82, 2.24) is 16.3 Å². The van der Waals surface area contributed by atoms with Crippen LogP contribution in [-0.2, 0) is 6.42 Å². The van der Waals surface area contributed by atoms with Gasteiger partial charge in [-0.1, -0.05) is 17.7 Å². The van der Waals surface area contributed by atoms with Crippen molar-refractivity contribution in [2.24, 2.45) is 5.10 Å². The number of benzene rings is 1. The fourth-order valence-electron chi connectivity index (χ4n) is 3.45. The molecule has 3 amide bonds. The summed E-state index contributed by atoms with van der Waals surface area (Å²) in [6, 6.07) is 9.48. The number of nitrogens with zero attached hydrogens (tertiary/aromatic N) is 1. The summed E-state index contributed by atoms with van der Waals surface area (Å²) in [5.41, 5.74) is 9.33. The number of hydrazone groups is 1. The van der Waals surface area contributed by atoms with Crippen LogP contribution in [0.25, 0.3) is 0 Å². The van der Waals surface area contributed by atoms with Gasteiger partial charge in [-0.3, -0.25) is 25.2 Å². The number of nitrogens with one attached hydrogen (secondary N) is 3. The monoisotopic (exact) mass is 454 g/mol. The fourth-order valence-corrected chi connectivity index (χ4v) is 3.64. The standard InChI is InChI=1S/C22H19ClN4O5/c1-12-18-15(24-26-21(29)17-9-4-10-31-17)7-3-8-16(18)32-19(12)22(30)27-25-20(28)13-5-2-6-14(23)11-13/h2,4-6,9-11H,3,7-8H2,1H3,(H,25,28)(H,26,29)(H,27,30)/b24-15+. The molecule has 0 aliphatic heterocycles. The van der Waals surface area contributed by atoms with Crippen molar-refractivity contribution in [3.05, 3.63) is 81.7 Å². The Kier molecular flexibility index (Phi) is 6.09. The van der Waals surface area contributed by atoms with Crippen LogP contribution in [0.4, 0.5) is 0 Å². The number of amides is 3. The molecule has 32 heavy (non-hydrogen) atoms. The van der Waals surface area contributed by atoms with Gasteiger partial charge in [0.15, 0.2) is 11.5 Å². The minimum atomic E-state index is -0.605. The van der Waals surface area contributed by atoms with Gasteiger partial charge >= 0.3 is 11.8 Å². The van der Waals surface area contributed by atoms with E-state index in [2.05, 4.69) is 21.4 Å². The van der Waals surface area contributed by atoms with E-state index in [9.17, 15) is 14.4 Å². The minimum absolute atomic E-state index is 0.0633. The lowest BCUT2D eigenvalue weighted by atomic mass is 9.93. The molecule has 0 unspecified atom stereocenters. The Balaban J connectivity index is 1.48. The van der Waals surface area contributed by atoms with Crippen molar-refractivity contribution < 1.29 is 23.2 Å². The third-order valence-electron chi connectivity index (χ3n) is 4.95. The molecule has 3 N–H and O–H groups in total. The van der Waals surface area contributed by atoms with Crippen LogP contribution in [-0.4, -0.2) is 23.4 Å². The van der Waals surface area contributed by atoms with Crippen LogP contribution in [0.15, 0.2) is 56.6 Å². The number of furan rings is 2. The van der Waals surface area contributed by atoms with Crippen LogP contribution in [0.1, 0.15) is 61.2 Å². The maximum Gasteiger partial charge on any atom is 0.307 e. The molecule has 164 valence electrons. The number of halogens is 1. The summed E-state index contributed by atoms with van der Waals surface area (Å²) in [5, 5.41) is 4.63. The van der Waals surface area contributed by atoms with E-state index in [0.717, 1.165) is 6.42 Å². The van der Waals surface area contributed by atoms with Crippen LogP contribution in [0, 0.1) is 6.92 Å². The quantitative estimate of drug-likeness (QED) is 0.521. The predicted molar refractivity (Wildman–Crippen MR) is 115 cm³/mol. The van der Waals surface area contributed by atoms with Gasteiger partial charge in [0, 0.05) is 28.1 Å². The average Bonchev–Trinajstić information content (AvgIpc) is 3.44. The molecule has 1 aliphatic rings. The molecule has 0 bridgehead atoms. The van der Waals surface area contributed by atoms with E-state index in [4.69, 9.17) is 20.4 Å². The summed E-state index contributed by atoms with van der Waals surface area (Å²) in [6.45, 7) is 1.73. The SMILES string of the molecule is Cc1c(C(=O)NNC(=O)c2cccc(Cl)c2)oc2c1/C(=N/NC(=O)c1ccco1)CCC2. The molecular formula is C22H19ClN4O5. The second-order valence-corrected chi connectivity index (χ2v) is 7.54. The first-order valence-corrected chi connectivity index (χ1v) is 10.2. The number of fused-ring (bicyclic) bond motifs is 1. The molecule has 9 nitrogen and oxygen atoms in total. The minimum Gasteiger partial charge on any atom is -0.459 e. The molecule has 0 saturated heterocycles. The van der Waals surface area contributed by atoms with E-state index in [-0.39, 0.29) is 11.5 Å². The lowest BCUT2D eigenvalue weighted by Crippen LogP contribution is -2.41. The van der Waals surface area contributed by atoms with Gasteiger partial charge in [-0.25, -0.2) is 5.43 Å². The molecule has 0 saturated carbocycles.